The van der Waals surface area contributed by atoms with Crippen molar-refractivity contribution in [3.63, 3.8) is 0 Å². The second kappa shape index (κ2) is 5.85. The van der Waals surface area contributed by atoms with Gasteiger partial charge in [-0.05, 0) is 38.8 Å². The number of carboxylic acids is 1. The molecule has 2 N–H and O–H groups in total. The molecule has 0 radical (unpaired) electrons. The Morgan fingerprint density at radius 3 is 2.67 bits per heavy atom. The van der Waals surface area contributed by atoms with Crippen molar-refractivity contribution < 1.29 is 19.4 Å². The van der Waals surface area contributed by atoms with Crippen LogP contribution in [0, 0.1) is 0 Å². The van der Waals surface area contributed by atoms with Crippen LogP contribution in [0.5, 0.6) is 0 Å². The van der Waals surface area contributed by atoms with E-state index in [2.05, 4.69) is 4.98 Å². The summed E-state index contributed by atoms with van der Waals surface area (Å²) in [5.41, 5.74) is 1.25. The lowest BCUT2D eigenvalue weighted by molar-refractivity contribution is -0.142. The Balaban J connectivity index is 1.92. The zero-order chi connectivity index (χ0) is 17.5. The van der Waals surface area contributed by atoms with Gasteiger partial charge in [0.15, 0.2) is 0 Å². The number of carboxylic acid groups (broad SMARTS) is 1. The van der Waals surface area contributed by atoms with E-state index in [-0.39, 0.29) is 5.92 Å². The van der Waals surface area contributed by atoms with Gasteiger partial charge in [-0.1, -0.05) is 18.2 Å². The molecule has 6 nitrogen and oxygen atoms in total. The highest BCUT2D eigenvalue weighted by Gasteiger charge is 2.44. The average molecular weight is 330 g/mol. The molecule has 6 heteroatoms. The lowest BCUT2D eigenvalue weighted by Gasteiger charge is -2.28. The summed E-state index contributed by atoms with van der Waals surface area (Å²) in [5.74, 6) is -1.26. The summed E-state index contributed by atoms with van der Waals surface area (Å²) in [6, 6.07) is 6.86. The van der Waals surface area contributed by atoms with E-state index in [4.69, 9.17) is 4.74 Å². The standard InChI is InChI=1S/C18H22N2O4/c1-18(2,3)24-17(23)20-9-8-12(15(20)16(21)22)13-10-19-14-7-5-4-6-11(13)14/h4-7,10,12,15,19H,8-9H2,1-3H3,(H,21,22)/t12-,15+/m0/s1. The molecule has 3 rings (SSSR count). The van der Waals surface area contributed by atoms with Crippen molar-refractivity contribution in [1.29, 1.82) is 0 Å². The third kappa shape index (κ3) is 2.96. The number of carbonyl (C=O) groups excluding carboxylic acids is 1. The van der Waals surface area contributed by atoms with E-state index >= 15 is 0 Å². The quantitative estimate of drug-likeness (QED) is 0.884. The van der Waals surface area contributed by atoms with Crippen LogP contribution in [0.2, 0.25) is 0 Å². The summed E-state index contributed by atoms with van der Waals surface area (Å²) < 4.78 is 5.37. The maximum absolute atomic E-state index is 12.4. The fourth-order valence-corrected chi connectivity index (χ4v) is 3.35. The molecule has 2 aromatic rings. The zero-order valence-corrected chi connectivity index (χ0v) is 14.1. The monoisotopic (exact) mass is 330 g/mol. The van der Waals surface area contributed by atoms with E-state index in [1.165, 1.54) is 4.90 Å². The molecule has 1 saturated heterocycles. The smallest absolute Gasteiger partial charge is 0.411 e. The number of aliphatic carboxylic acids is 1. The summed E-state index contributed by atoms with van der Waals surface area (Å²) in [7, 11) is 0. The van der Waals surface area contributed by atoms with Crippen LogP contribution in [-0.2, 0) is 9.53 Å². The molecule has 1 aromatic carbocycles. The van der Waals surface area contributed by atoms with Crippen molar-refractivity contribution in [1.82, 2.24) is 9.88 Å². The highest BCUT2D eigenvalue weighted by atomic mass is 16.6. The Morgan fingerprint density at radius 2 is 2.00 bits per heavy atom. The molecule has 0 spiro atoms. The Hall–Kier alpha value is -2.50. The second-order valence-electron chi connectivity index (χ2n) is 7.14. The Labute approximate surface area is 140 Å². The van der Waals surface area contributed by atoms with E-state index < -0.39 is 23.7 Å². The predicted molar refractivity (Wildman–Crippen MR) is 90.0 cm³/mol. The number of amides is 1. The summed E-state index contributed by atoms with van der Waals surface area (Å²) >= 11 is 0. The molecule has 1 fully saturated rings. The number of nitrogens with zero attached hydrogens (tertiary/aromatic N) is 1. The van der Waals surface area contributed by atoms with Gasteiger partial charge in [-0.15, -0.1) is 0 Å². The molecule has 1 amide bonds. The number of aromatic amines is 1. The molecule has 0 unspecified atom stereocenters. The molecule has 1 aliphatic heterocycles. The number of fused-ring (bicyclic) bond motifs is 1. The largest absolute Gasteiger partial charge is 0.480 e. The Morgan fingerprint density at radius 1 is 1.29 bits per heavy atom. The minimum atomic E-state index is -1.01. The van der Waals surface area contributed by atoms with Crippen molar-refractivity contribution in [2.45, 2.75) is 44.8 Å². The zero-order valence-electron chi connectivity index (χ0n) is 14.1. The number of rotatable bonds is 2. The first-order valence-electron chi connectivity index (χ1n) is 8.06. The average Bonchev–Trinajstić information content (AvgIpc) is 3.09. The van der Waals surface area contributed by atoms with Crippen molar-refractivity contribution in [3.8, 4) is 0 Å². The third-order valence-electron chi connectivity index (χ3n) is 4.30. The van der Waals surface area contributed by atoms with Crippen LogP contribution >= 0.6 is 0 Å². The van der Waals surface area contributed by atoms with E-state index in [1.807, 2.05) is 30.5 Å². The van der Waals surface area contributed by atoms with Crippen LogP contribution in [0.15, 0.2) is 30.5 Å². The van der Waals surface area contributed by atoms with Crippen LogP contribution in [0.4, 0.5) is 4.79 Å². The maximum atomic E-state index is 12.4. The Kier molecular flexibility index (Phi) is 3.99. The number of likely N-dealkylation sites (tertiary alicyclic amines) is 1. The molecule has 0 bridgehead atoms. The number of aromatic nitrogens is 1. The Bertz CT molecular complexity index is 775. The summed E-state index contributed by atoms with van der Waals surface area (Å²) in [4.78, 5) is 28.8. The normalized spacial score (nSPS) is 21.2. The minimum absolute atomic E-state index is 0.258. The van der Waals surface area contributed by atoms with Crippen molar-refractivity contribution >= 4 is 23.0 Å². The first kappa shape index (κ1) is 16.4. The molecule has 1 aliphatic rings. The summed E-state index contributed by atoms with van der Waals surface area (Å²) in [6.07, 6.45) is 1.87. The first-order chi connectivity index (χ1) is 11.3. The van der Waals surface area contributed by atoms with Crippen LogP contribution < -0.4 is 0 Å². The molecular weight excluding hydrogens is 308 g/mol. The summed E-state index contributed by atoms with van der Waals surface area (Å²) in [6.45, 7) is 5.69. The molecule has 1 aromatic heterocycles. The van der Waals surface area contributed by atoms with E-state index in [1.54, 1.807) is 20.8 Å². The van der Waals surface area contributed by atoms with Gasteiger partial charge >= 0.3 is 12.1 Å². The van der Waals surface area contributed by atoms with Gasteiger partial charge in [0.2, 0.25) is 0 Å². The fraction of sp³-hybridized carbons (Fsp3) is 0.444. The van der Waals surface area contributed by atoms with Crippen LogP contribution in [-0.4, -0.2) is 45.2 Å². The van der Waals surface area contributed by atoms with Gasteiger partial charge in [0, 0.05) is 29.6 Å². The fourth-order valence-electron chi connectivity index (χ4n) is 3.35. The molecule has 0 aliphatic carbocycles. The van der Waals surface area contributed by atoms with Crippen LogP contribution in [0.25, 0.3) is 10.9 Å². The number of nitrogens with one attached hydrogen (secondary N) is 1. The minimum Gasteiger partial charge on any atom is -0.480 e. The van der Waals surface area contributed by atoms with Crippen molar-refractivity contribution in [2.75, 3.05) is 6.54 Å². The maximum Gasteiger partial charge on any atom is 0.411 e. The topological polar surface area (TPSA) is 82.6 Å². The molecule has 128 valence electrons. The van der Waals surface area contributed by atoms with Gasteiger partial charge in [-0.3, -0.25) is 4.90 Å². The molecule has 0 saturated carbocycles. The lowest BCUT2D eigenvalue weighted by Crippen LogP contribution is -2.45. The number of carbonyl (C=O) groups is 2. The number of hydrogen-bond acceptors (Lipinski definition) is 3. The molecule has 24 heavy (non-hydrogen) atoms. The SMILES string of the molecule is CC(C)(C)OC(=O)N1CC[C@@H](c2c[nH]c3ccccc23)[C@@H]1C(=O)O. The lowest BCUT2D eigenvalue weighted by atomic mass is 9.91. The van der Waals surface area contributed by atoms with Gasteiger partial charge in [0.05, 0.1) is 0 Å². The first-order valence-corrected chi connectivity index (χ1v) is 8.06. The second-order valence-corrected chi connectivity index (χ2v) is 7.14. The number of hydrogen-bond donors (Lipinski definition) is 2. The predicted octanol–water partition coefficient (Wildman–Crippen LogP) is 3.35. The van der Waals surface area contributed by atoms with Gasteiger partial charge < -0.3 is 14.8 Å². The van der Waals surface area contributed by atoms with Crippen LogP contribution in [0.1, 0.15) is 38.7 Å². The van der Waals surface area contributed by atoms with Crippen molar-refractivity contribution in [3.05, 3.63) is 36.0 Å². The number of ether oxygens (including phenoxy) is 1. The van der Waals surface area contributed by atoms with Gasteiger partial charge in [-0.25, -0.2) is 9.59 Å². The van der Waals surface area contributed by atoms with Gasteiger partial charge in [-0.2, -0.15) is 0 Å². The molecule has 2 heterocycles. The molecule has 2 atom stereocenters. The van der Waals surface area contributed by atoms with E-state index in [9.17, 15) is 14.7 Å². The molecular formula is C18H22N2O4. The number of para-hydroxylation sites is 1. The highest BCUT2D eigenvalue weighted by molar-refractivity contribution is 5.87. The van der Waals surface area contributed by atoms with E-state index in [0.717, 1.165) is 16.5 Å². The van der Waals surface area contributed by atoms with Gasteiger partial charge in [0.25, 0.3) is 0 Å². The number of benzene rings is 1. The van der Waals surface area contributed by atoms with E-state index in [0.29, 0.717) is 13.0 Å². The van der Waals surface area contributed by atoms with Crippen molar-refractivity contribution in [2.24, 2.45) is 0 Å². The highest BCUT2D eigenvalue weighted by Crippen LogP contribution is 2.38. The third-order valence-corrected chi connectivity index (χ3v) is 4.30. The van der Waals surface area contributed by atoms with Crippen LogP contribution in [0.3, 0.4) is 0 Å². The van der Waals surface area contributed by atoms with Gasteiger partial charge in [0.1, 0.15) is 11.6 Å². The number of H-pyrrole nitrogens is 1. The summed E-state index contributed by atoms with van der Waals surface area (Å²) in [5, 5.41) is 10.7.